The minimum atomic E-state index is 0.00711. The van der Waals surface area contributed by atoms with Gasteiger partial charge in [0, 0.05) is 19.0 Å². The van der Waals surface area contributed by atoms with Gasteiger partial charge in [-0.2, -0.15) is 0 Å². The van der Waals surface area contributed by atoms with E-state index in [1.165, 1.54) is 0 Å². The fourth-order valence-electron chi connectivity index (χ4n) is 3.35. The molecule has 1 aromatic carbocycles. The first-order valence-electron chi connectivity index (χ1n) is 8.63. The standard InChI is InChI=1S/C19H24ClNO3/c1-4-23-17-11-13(9-15(20)19(17)24-12(2)3)10-16-18(22)14-5-7-21(16)8-6-14/h9-12,14H,4-8H2,1-3H3/b16-10-. The van der Waals surface area contributed by atoms with Gasteiger partial charge in [0.15, 0.2) is 17.3 Å². The predicted octanol–water partition coefficient (Wildman–Crippen LogP) is 4.16. The summed E-state index contributed by atoms with van der Waals surface area (Å²) in [6.07, 6.45) is 3.89. The van der Waals surface area contributed by atoms with E-state index in [0.717, 1.165) is 37.2 Å². The number of ether oxygens (including phenoxy) is 2. The quantitative estimate of drug-likeness (QED) is 0.748. The van der Waals surface area contributed by atoms with Crippen LogP contribution in [0.4, 0.5) is 0 Å². The van der Waals surface area contributed by atoms with Crippen LogP contribution in [0.3, 0.4) is 0 Å². The highest BCUT2D eigenvalue weighted by Gasteiger charge is 2.36. The third-order valence-corrected chi connectivity index (χ3v) is 4.73. The van der Waals surface area contributed by atoms with Gasteiger partial charge in [0.25, 0.3) is 0 Å². The number of halogens is 1. The summed E-state index contributed by atoms with van der Waals surface area (Å²) < 4.78 is 11.5. The van der Waals surface area contributed by atoms with Gasteiger partial charge < -0.3 is 14.4 Å². The average molecular weight is 350 g/mol. The molecular formula is C19H24ClNO3. The van der Waals surface area contributed by atoms with Crippen LogP contribution in [-0.2, 0) is 4.79 Å². The van der Waals surface area contributed by atoms with E-state index < -0.39 is 0 Å². The number of carbonyl (C=O) groups excluding carboxylic acids is 1. The molecule has 0 aliphatic carbocycles. The van der Waals surface area contributed by atoms with E-state index in [1.807, 2.05) is 39.0 Å². The van der Waals surface area contributed by atoms with Gasteiger partial charge in [0.05, 0.1) is 23.4 Å². The number of carbonyl (C=O) groups is 1. The second kappa shape index (κ2) is 7.06. The molecule has 0 unspecified atom stereocenters. The Morgan fingerprint density at radius 1 is 1.33 bits per heavy atom. The number of piperidine rings is 3. The van der Waals surface area contributed by atoms with Crippen molar-refractivity contribution in [2.24, 2.45) is 5.92 Å². The highest BCUT2D eigenvalue weighted by atomic mass is 35.5. The molecule has 3 aliphatic heterocycles. The van der Waals surface area contributed by atoms with E-state index in [2.05, 4.69) is 4.90 Å². The number of nitrogens with zero attached hydrogens (tertiary/aromatic N) is 1. The molecule has 2 bridgehead atoms. The number of benzene rings is 1. The van der Waals surface area contributed by atoms with Crippen molar-refractivity contribution in [2.45, 2.75) is 39.7 Å². The van der Waals surface area contributed by atoms with Crippen LogP contribution in [0.15, 0.2) is 17.8 Å². The van der Waals surface area contributed by atoms with E-state index in [-0.39, 0.29) is 17.8 Å². The summed E-state index contributed by atoms with van der Waals surface area (Å²) in [6.45, 7) is 8.27. The lowest BCUT2D eigenvalue weighted by atomic mass is 9.84. The fraction of sp³-hybridized carbons (Fsp3) is 0.526. The molecule has 3 fully saturated rings. The number of rotatable bonds is 5. The lowest BCUT2D eigenvalue weighted by molar-refractivity contribution is -0.125. The lowest BCUT2D eigenvalue weighted by Crippen LogP contribution is -2.45. The van der Waals surface area contributed by atoms with Crippen LogP contribution in [-0.4, -0.2) is 36.5 Å². The molecule has 130 valence electrons. The van der Waals surface area contributed by atoms with Crippen molar-refractivity contribution in [3.63, 3.8) is 0 Å². The molecule has 4 nitrogen and oxygen atoms in total. The van der Waals surface area contributed by atoms with Crippen molar-refractivity contribution in [2.75, 3.05) is 19.7 Å². The SMILES string of the molecule is CCOc1cc(/C=C2/C(=O)C3CCN2CC3)cc(Cl)c1OC(C)C. The van der Waals surface area contributed by atoms with Gasteiger partial charge in [0.1, 0.15) is 0 Å². The summed E-state index contributed by atoms with van der Waals surface area (Å²) in [4.78, 5) is 14.7. The number of ketones is 1. The summed E-state index contributed by atoms with van der Waals surface area (Å²) in [7, 11) is 0. The molecule has 1 aromatic rings. The normalized spacial score (nSPS) is 19.5. The Balaban J connectivity index is 1.96. The maximum absolute atomic E-state index is 12.5. The Morgan fingerprint density at radius 3 is 2.62 bits per heavy atom. The minimum absolute atomic E-state index is 0.00711. The number of fused-ring (bicyclic) bond motifs is 3. The number of Topliss-reactive ketones (excluding diaryl/α,β-unsaturated/α-hetero) is 1. The van der Waals surface area contributed by atoms with Crippen molar-refractivity contribution >= 4 is 23.5 Å². The zero-order chi connectivity index (χ0) is 17.3. The Bertz CT molecular complexity index is 661. The average Bonchev–Trinajstić information content (AvgIpc) is 2.54. The Labute approximate surface area is 148 Å². The summed E-state index contributed by atoms with van der Waals surface area (Å²) in [5, 5.41) is 0.505. The molecule has 0 atom stereocenters. The molecular weight excluding hydrogens is 326 g/mol. The van der Waals surface area contributed by atoms with E-state index in [1.54, 1.807) is 0 Å². The third-order valence-electron chi connectivity index (χ3n) is 4.45. The molecule has 3 aliphatic rings. The zero-order valence-corrected chi connectivity index (χ0v) is 15.2. The van der Waals surface area contributed by atoms with Crippen LogP contribution < -0.4 is 9.47 Å². The van der Waals surface area contributed by atoms with Crippen LogP contribution >= 0.6 is 11.6 Å². The van der Waals surface area contributed by atoms with Crippen LogP contribution in [0.5, 0.6) is 11.5 Å². The van der Waals surface area contributed by atoms with Gasteiger partial charge >= 0.3 is 0 Å². The number of allylic oxidation sites excluding steroid dienone is 1. The van der Waals surface area contributed by atoms with Crippen molar-refractivity contribution in [3.05, 3.63) is 28.4 Å². The number of hydrogen-bond donors (Lipinski definition) is 0. The molecule has 0 aromatic heterocycles. The Hall–Kier alpha value is -1.68. The summed E-state index contributed by atoms with van der Waals surface area (Å²) >= 11 is 6.41. The van der Waals surface area contributed by atoms with Gasteiger partial charge in [-0.3, -0.25) is 4.79 Å². The van der Waals surface area contributed by atoms with Crippen molar-refractivity contribution in [1.82, 2.24) is 4.90 Å². The van der Waals surface area contributed by atoms with E-state index >= 15 is 0 Å². The first-order valence-corrected chi connectivity index (χ1v) is 9.01. The first-order chi connectivity index (χ1) is 11.5. The molecule has 0 spiro atoms. The first kappa shape index (κ1) is 17.2. The van der Waals surface area contributed by atoms with Crippen molar-refractivity contribution in [3.8, 4) is 11.5 Å². The topological polar surface area (TPSA) is 38.8 Å². The van der Waals surface area contributed by atoms with Crippen molar-refractivity contribution in [1.29, 1.82) is 0 Å². The van der Waals surface area contributed by atoms with E-state index in [9.17, 15) is 4.79 Å². The van der Waals surface area contributed by atoms with Crippen molar-refractivity contribution < 1.29 is 14.3 Å². The second-order valence-corrected chi connectivity index (χ2v) is 6.99. The van der Waals surface area contributed by atoms with Crippen LogP contribution in [0.25, 0.3) is 6.08 Å². The van der Waals surface area contributed by atoms with Gasteiger partial charge in [-0.15, -0.1) is 0 Å². The highest BCUT2D eigenvalue weighted by Crippen LogP contribution is 2.39. The third kappa shape index (κ3) is 3.39. The van der Waals surface area contributed by atoms with Gasteiger partial charge in [-0.05, 0) is 57.4 Å². The van der Waals surface area contributed by atoms with Crippen LogP contribution in [0.2, 0.25) is 5.02 Å². The molecule has 24 heavy (non-hydrogen) atoms. The van der Waals surface area contributed by atoms with Crippen LogP contribution in [0.1, 0.15) is 39.2 Å². The van der Waals surface area contributed by atoms with E-state index in [0.29, 0.717) is 23.1 Å². The molecule has 3 heterocycles. The Morgan fingerprint density at radius 2 is 2.04 bits per heavy atom. The molecule has 0 amide bonds. The highest BCUT2D eigenvalue weighted by molar-refractivity contribution is 6.32. The smallest absolute Gasteiger partial charge is 0.182 e. The fourth-order valence-corrected chi connectivity index (χ4v) is 3.62. The maximum Gasteiger partial charge on any atom is 0.182 e. The van der Waals surface area contributed by atoms with Gasteiger partial charge in [-0.1, -0.05) is 11.6 Å². The molecule has 5 heteroatoms. The summed E-state index contributed by atoms with van der Waals surface area (Å²) in [5.74, 6) is 1.62. The van der Waals surface area contributed by atoms with E-state index in [4.69, 9.17) is 21.1 Å². The Kier molecular flexibility index (Phi) is 5.04. The zero-order valence-electron chi connectivity index (χ0n) is 14.5. The van der Waals surface area contributed by atoms with Crippen LogP contribution in [0, 0.1) is 5.92 Å². The molecule has 0 saturated carbocycles. The second-order valence-electron chi connectivity index (χ2n) is 6.58. The largest absolute Gasteiger partial charge is 0.490 e. The minimum Gasteiger partial charge on any atom is -0.490 e. The number of hydrogen-bond acceptors (Lipinski definition) is 4. The molecule has 0 N–H and O–H groups in total. The predicted molar refractivity (Wildman–Crippen MR) is 95.7 cm³/mol. The molecule has 3 saturated heterocycles. The summed E-state index contributed by atoms with van der Waals surface area (Å²) in [6, 6.07) is 3.74. The van der Waals surface area contributed by atoms with Gasteiger partial charge in [0.2, 0.25) is 0 Å². The summed E-state index contributed by atoms with van der Waals surface area (Å²) in [5.41, 5.74) is 1.67. The maximum atomic E-state index is 12.5. The molecule has 0 radical (unpaired) electrons. The molecule has 4 rings (SSSR count). The monoisotopic (exact) mass is 349 g/mol. The van der Waals surface area contributed by atoms with Gasteiger partial charge in [-0.25, -0.2) is 0 Å². The lowest BCUT2D eigenvalue weighted by Gasteiger charge is -2.41.